The minimum absolute atomic E-state index is 0.106. The number of rotatable bonds is 5. The lowest BCUT2D eigenvalue weighted by Gasteiger charge is -2.27. The molecule has 0 radical (unpaired) electrons. The Kier molecular flexibility index (Phi) is 4.69. The van der Waals surface area contributed by atoms with Crippen LogP contribution >= 0.6 is 0 Å². The van der Waals surface area contributed by atoms with Crippen LogP contribution in [0, 0.1) is 11.8 Å². The summed E-state index contributed by atoms with van der Waals surface area (Å²) < 4.78 is 0. The van der Waals surface area contributed by atoms with Gasteiger partial charge in [0.2, 0.25) is 0 Å². The number of aromatic nitrogens is 1. The second kappa shape index (κ2) is 6.99. The molecule has 0 amide bonds. The van der Waals surface area contributed by atoms with E-state index in [4.69, 9.17) is 0 Å². The molecule has 1 aromatic carbocycles. The molecule has 3 atom stereocenters. The third-order valence-corrected chi connectivity index (χ3v) is 5.86. The highest BCUT2D eigenvalue weighted by atomic mass is 16.3. The number of aliphatic hydroxyl groups excluding tert-OH is 1. The Morgan fingerprint density at radius 2 is 1.77 bits per heavy atom. The van der Waals surface area contributed by atoms with Gasteiger partial charge < -0.3 is 15.3 Å². The molecule has 1 saturated carbocycles. The molecule has 3 unspecified atom stereocenters. The van der Waals surface area contributed by atoms with E-state index in [1.165, 1.54) is 11.8 Å². The van der Waals surface area contributed by atoms with E-state index in [0.717, 1.165) is 32.4 Å². The van der Waals surface area contributed by atoms with E-state index >= 15 is 0 Å². The van der Waals surface area contributed by atoms with Crippen LogP contribution in [0.15, 0.2) is 48.7 Å². The second-order valence-electron chi connectivity index (χ2n) is 7.99. The maximum absolute atomic E-state index is 11.0. The summed E-state index contributed by atoms with van der Waals surface area (Å²) in [6.07, 6.45) is 3.09. The molecular formula is C21H26N2O3. The van der Waals surface area contributed by atoms with Crippen LogP contribution in [-0.2, 0) is 6.42 Å². The Morgan fingerprint density at radius 3 is 2.38 bits per heavy atom. The predicted molar refractivity (Wildman–Crippen MR) is 98.6 cm³/mol. The SMILES string of the molecule is Oc1ccc(C(O)CN2CC3CC(O)(Cc4ccccc4)CC3C2)nc1. The molecule has 2 fully saturated rings. The molecule has 2 heterocycles. The Bertz CT molecular complexity index is 721. The Hall–Kier alpha value is -1.95. The fraction of sp³-hybridized carbons (Fsp3) is 0.476. The summed E-state index contributed by atoms with van der Waals surface area (Å²) in [5.41, 5.74) is 1.18. The largest absolute Gasteiger partial charge is 0.506 e. The van der Waals surface area contributed by atoms with Gasteiger partial charge in [0.1, 0.15) is 11.9 Å². The second-order valence-corrected chi connectivity index (χ2v) is 7.99. The average Bonchev–Trinajstić information content (AvgIpc) is 3.10. The molecule has 0 bridgehead atoms. The van der Waals surface area contributed by atoms with Gasteiger partial charge in [-0.25, -0.2) is 0 Å². The minimum atomic E-state index is -0.655. The van der Waals surface area contributed by atoms with Gasteiger partial charge in [-0.3, -0.25) is 9.88 Å². The summed E-state index contributed by atoms with van der Waals surface area (Å²) in [6.45, 7) is 2.37. The van der Waals surface area contributed by atoms with Gasteiger partial charge in [0.05, 0.1) is 17.5 Å². The maximum atomic E-state index is 11.0. The fourth-order valence-electron chi connectivity index (χ4n) is 4.76. The molecule has 1 aliphatic heterocycles. The molecular weight excluding hydrogens is 328 g/mol. The fourth-order valence-corrected chi connectivity index (χ4v) is 4.76. The molecule has 1 aromatic heterocycles. The number of benzene rings is 1. The molecule has 3 N–H and O–H groups in total. The first-order valence-electron chi connectivity index (χ1n) is 9.32. The summed E-state index contributed by atoms with van der Waals surface area (Å²) in [7, 11) is 0. The molecule has 5 nitrogen and oxygen atoms in total. The third kappa shape index (κ3) is 3.75. The zero-order valence-electron chi connectivity index (χ0n) is 14.8. The van der Waals surface area contributed by atoms with Crippen LogP contribution in [0.5, 0.6) is 5.75 Å². The van der Waals surface area contributed by atoms with Crippen LogP contribution in [-0.4, -0.2) is 50.4 Å². The van der Waals surface area contributed by atoms with Gasteiger partial charge in [0.25, 0.3) is 0 Å². The summed E-state index contributed by atoms with van der Waals surface area (Å²) >= 11 is 0. The van der Waals surface area contributed by atoms with Crippen molar-refractivity contribution in [3.63, 3.8) is 0 Å². The molecule has 26 heavy (non-hydrogen) atoms. The number of β-amino-alcohol motifs (C(OH)–C–C–N with tert-alkyl or cyclic N) is 1. The lowest BCUT2D eigenvalue weighted by Crippen LogP contribution is -2.33. The molecule has 138 valence electrons. The molecule has 4 rings (SSSR count). The van der Waals surface area contributed by atoms with Crippen LogP contribution in [0.25, 0.3) is 0 Å². The van der Waals surface area contributed by atoms with E-state index in [0.29, 0.717) is 24.1 Å². The van der Waals surface area contributed by atoms with E-state index in [-0.39, 0.29) is 5.75 Å². The predicted octanol–water partition coefficient (Wildman–Crippen LogP) is 2.14. The van der Waals surface area contributed by atoms with Gasteiger partial charge in [-0.15, -0.1) is 0 Å². The molecule has 2 aromatic rings. The van der Waals surface area contributed by atoms with Crippen LogP contribution < -0.4 is 0 Å². The van der Waals surface area contributed by atoms with Gasteiger partial charge in [-0.1, -0.05) is 30.3 Å². The number of likely N-dealkylation sites (tertiary alicyclic amines) is 1. The monoisotopic (exact) mass is 354 g/mol. The topological polar surface area (TPSA) is 76.8 Å². The van der Waals surface area contributed by atoms with Crippen LogP contribution in [0.4, 0.5) is 0 Å². The number of fused-ring (bicyclic) bond motifs is 1. The van der Waals surface area contributed by atoms with Crippen LogP contribution in [0.1, 0.15) is 30.2 Å². The zero-order valence-corrected chi connectivity index (χ0v) is 14.8. The standard InChI is InChI=1S/C21H26N2O3/c24-18-6-7-19(22-11-18)20(25)14-23-12-16-9-21(26,10-17(16)13-23)8-15-4-2-1-3-5-15/h1-7,11,16-17,20,24-26H,8-10,12-14H2. The first-order chi connectivity index (χ1) is 12.5. The van der Waals surface area contributed by atoms with Gasteiger partial charge >= 0.3 is 0 Å². The zero-order chi connectivity index (χ0) is 18.1. The lowest BCUT2D eigenvalue weighted by molar-refractivity contribution is 0.0327. The molecule has 1 aliphatic carbocycles. The van der Waals surface area contributed by atoms with Crippen molar-refractivity contribution in [1.29, 1.82) is 0 Å². The highest BCUT2D eigenvalue weighted by molar-refractivity contribution is 5.20. The number of aromatic hydroxyl groups is 1. The van der Waals surface area contributed by atoms with Crippen molar-refractivity contribution in [2.75, 3.05) is 19.6 Å². The first-order valence-corrected chi connectivity index (χ1v) is 9.32. The van der Waals surface area contributed by atoms with Crippen molar-refractivity contribution >= 4 is 0 Å². The molecule has 5 heteroatoms. The minimum Gasteiger partial charge on any atom is -0.506 e. The van der Waals surface area contributed by atoms with Crippen LogP contribution in [0.3, 0.4) is 0 Å². The van der Waals surface area contributed by atoms with Crippen LogP contribution in [0.2, 0.25) is 0 Å². The maximum Gasteiger partial charge on any atom is 0.133 e. The van der Waals surface area contributed by atoms with Crippen molar-refractivity contribution in [3.05, 3.63) is 59.9 Å². The Morgan fingerprint density at radius 1 is 1.08 bits per heavy atom. The van der Waals surface area contributed by atoms with Crippen molar-refractivity contribution < 1.29 is 15.3 Å². The Balaban J connectivity index is 1.32. The lowest BCUT2D eigenvalue weighted by atomic mass is 9.91. The smallest absolute Gasteiger partial charge is 0.133 e. The molecule has 0 spiro atoms. The van der Waals surface area contributed by atoms with Gasteiger partial charge in [0.15, 0.2) is 0 Å². The van der Waals surface area contributed by atoms with Crippen molar-refractivity contribution in [1.82, 2.24) is 9.88 Å². The number of hydrogen-bond donors (Lipinski definition) is 3. The normalized spacial score (nSPS) is 29.6. The number of pyridine rings is 1. The first kappa shape index (κ1) is 17.5. The van der Waals surface area contributed by atoms with E-state index in [1.54, 1.807) is 12.1 Å². The number of nitrogens with zero attached hydrogens (tertiary/aromatic N) is 2. The Labute approximate surface area is 153 Å². The number of hydrogen-bond acceptors (Lipinski definition) is 5. The molecule has 1 saturated heterocycles. The quantitative estimate of drug-likeness (QED) is 0.767. The summed E-state index contributed by atoms with van der Waals surface area (Å²) in [4.78, 5) is 6.37. The summed E-state index contributed by atoms with van der Waals surface area (Å²) in [5, 5.41) is 30.7. The summed E-state index contributed by atoms with van der Waals surface area (Å²) in [5.74, 6) is 1.08. The van der Waals surface area contributed by atoms with Crippen molar-refractivity contribution in [2.24, 2.45) is 11.8 Å². The van der Waals surface area contributed by atoms with E-state index in [1.807, 2.05) is 18.2 Å². The average molecular weight is 354 g/mol. The van der Waals surface area contributed by atoms with E-state index in [2.05, 4.69) is 22.0 Å². The van der Waals surface area contributed by atoms with E-state index in [9.17, 15) is 15.3 Å². The van der Waals surface area contributed by atoms with Gasteiger partial charge in [-0.2, -0.15) is 0 Å². The highest BCUT2D eigenvalue weighted by Gasteiger charge is 2.48. The molecule has 2 aliphatic rings. The van der Waals surface area contributed by atoms with Gasteiger partial charge in [0, 0.05) is 26.1 Å². The van der Waals surface area contributed by atoms with Crippen molar-refractivity contribution in [2.45, 2.75) is 31.0 Å². The third-order valence-electron chi connectivity index (χ3n) is 5.86. The highest BCUT2D eigenvalue weighted by Crippen LogP contribution is 2.45. The summed E-state index contributed by atoms with van der Waals surface area (Å²) in [6, 6.07) is 13.4. The van der Waals surface area contributed by atoms with Crippen molar-refractivity contribution in [3.8, 4) is 5.75 Å². The van der Waals surface area contributed by atoms with Gasteiger partial charge in [-0.05, 0) is 42.4 Å². The van der Waals surface area contributed by atoms with E-state index < -0.39 is 11.7 Å². The number of aliphatic hydroxyl groups is 2.